The van der Waals surface area contributed by atoms with Crippen molar-refractivity contribution in [2.45, 2.75) is 38.7 Å². The third kappa shape index (κ3) is 5.09. The molecule has 0 atom stereocenters. The van der Waals surface area contributed by atoms with E-state index in [1.54, 1.807) is 17.5 Å². The number of ether oxygens (including phenoxy) is 1. The molecule has 0 bridgehead atoms. The minimum Gasteiger partial charge on any atom is -0.467 e. The minimum atomic E-state index is 0.238. The highest BCUT2D eigenvalue weighted by Gasteiger charge is 2.19. The highest BCUT2D eigenvalue weighted by atomic mass is 32.1. The fourth-order valence-corrected chi connectivity index (χ4v) is 4.60. The van der Waals surface area contributed by atoms with Crippen molar-refractivity contribution in [3.05, 3.63) is 48.4 Å². The number of pyridine rings is 2. The van der Waals surface area contributed by atoms with Gasteiger partial charge < -0.3 is 15.0 Å². The molecule has 4 aromatic heterocycles. The lowest BCUT2D eigenvalue weighted by molar-refractivity contribution is 0.114. The van der Waals surface area contributed by atoms with Gasteiger partial charge in [0.1, 0.15) is 11.9 Å². The van der Waals surface area contributed by atoms with Crippen molar-refractivity contribution in [1.82, 2.24) is 30.0 Å². The van der Waals surface area contributed by atoms with Gasteiger partial charge in [-0.2, -0.15) is 5.10 Å². The maximum absolute atomic E-state index is 6.13. The fraction of sp³-hybridized carbons (Fsp3) is 0.375. The van der Waals surface area contributed by atoms with Crippen LogP contribution < -0.4 is 10.1 Å². The van der Waals surface area contributed by atoms with Crippen molar-refractivity contribution < 1.29 is 4.74 Å². The Morgan fingerprint density at radius 1 is 1.03 bits per heavy atom. The second-order valence-corrected chi connectivity index (χ2v) is 9.72. The maximum Gasteiger partial charge on any atom is 0.273 e. The van der Waals surface area contributed by atoms with Crippen LogP contribution in [0, 0.1) is 0 Å². The zero-order chi connectivity index (χ0) is 22.8. The summed E-state index contributed by atoms with van der Waals surface area (Å²) < 4.78 is 6.13. The average molecular weight is 462 g/mol. The summed E-state index contributed by atoms with van der Waals surface area (Å²) in [5.74, 6) is 1.76. The van der Waals surface area contributed by atoms with Crippen molar-refractivity contribution in [2.24, 2.45) is 0 Å². The summed E-state index contributed by atoms with van der Waals surface area (Å²) in [6.45, 7) is 6.39. The molecule has 1 fully saturated rings. The van der Waals surface area contributed by atoms with Crippen LogP contribution in [0.2, 0.25) is 0 Å². The Morgan fingerprint density at radius 3 is 2.70 bits per heavy atom. The van der Waals surface area contributed by atoms with Crippen LogP contribution in [-0.4, -0.2) is 56.3 Å². The van der Waals surface area contributed by atoms with E-state index in [1.165, 1.54) is 0 Å². The lowest BCUT2D eigenvalue weighted by Gasteiger charge is -2.28. The number of likely N-dealkylation sites (tertiary alicyclic amines) is 1. The summed E-state index contributed by atoms with van der Waals surface area (Å²) in [6, 6.07) is 7.90. The van der Waals surface area contributed by atoms with Crippen molar-refractivity contribution in [1.29, 1.82) is 0 Å². The molecule has 0 spiro atoms. The van der Waals surface area contributed by atoms with Crippen LogP contribution in [0.5, 0.6) is 5.19 Å². The molecule has 0 amide bonds. The van der Waals surface area contributed by atoms with Crippen molar-refractivity contribution in [2.75, 3.05) is 25.5 Å². The lowest BCUT2D eigenvalue weighted by Crippen LogP contribution is -2.35. The normalized spacial score (nSPS) is 15.3. The van der Waals surface area contributed by atoms with Crippen LogP contribution in [0.3, 0.4) is 0 Å². The highest BCUT2D eigenvalue weighted by molar-refractivity contribution is 7.16. The Labute approximate surface area is 197 Å². The van der Waals surface area contributed by atoms with Crippen LogP contribution in [0.15, 0.2) is 42.9 Å². The van der Waals surface area contributed by atoms with E-state index >= 15 is 0 Å². The summed E-state index contributed by atoms with van der Waals surface area (Å²) in [4.78, 5) is 17.2. The number of fused-ring (bicyclic) bond motifs is 1. The molecule has 1 N–H and O–H groups in total. The smallest absolute Gasteiger partial charge is 0.273 e. The van der Waals surface area contributed by atoms with Crippen LogP contribution in [0.25, 0.3) is 21.5 Å². The van der Waals surface area contributed by atoms with Gasteiger partial charge in [-0.25, -0.2) is 9.97 Å². The monoisotopic (exact) mass is 461 g/mol. The minimum absolute atomic E-state index is 0.238. The zero-order valence-corrected chi connectivity index (χ0v) is 19.8. The Morgan fingerprint density at radius 2 is 1.88 bits per heavy atom. The summed E-state index contributed by atoms with van der Waals surface area (Å²) in [7, 11) is 2.15. The molecule has 0 aliphatic carbocycles. The molecule has 4 aromatic rings. The average Bonchev–Trinajstić information content (AvgIpc) is 3.29. The van der Waals surface area contributed by atoms with E-state index in [9.17, 15) is 0 Å². The molecule has 0 unspecified atom stereocenters. The number of piperidine rings is 1. The molecule has 33 heavy (non-hydrogen) atoms. The first-order valence-electron chi connectivity index (χ1n) is 11.2. The van der Waals surface area contributed by atoms with Crippen LogP contribution in [0.4, 0.5) is 11.6 Å². The Bertz CT molecular complexity index is 1250. The van der Waals surface area contributed by atoms with Crippen molar-refractivity contribution >= 4 is 34.0 Å². The standard InChI is InChI=1S/C24H27N7OS/c1-15(2)16-11-23(30-27-13-16)29-22-5-4-19-20(28-22)10-17(12-25-19)21-14-26-24(33-21)32-18-6-8-31(3)9-7-18/h4-5,10-15,18H,6-9H2,1-3H3,(H,28,29,30). The molecule has 0 aromatic carbocycles. The third-order valence-electron chi connectivity index (χ3n) is 5.84. The van der Waals surface area contributed by atoms with Gasteiger partial charge in [0.15, 0.2) is 5.82 Å². The van der Waals surface area contributed by atoms with E-state index in [0.29, 0.717) is 22.7 Å². The molecular weight excluding hydrogens is 434 g/mol. The molecular formula is C24H27N7OS. The van der Waals surface area contributed by atoms with Gasteiger partial charge in [0.25, 0.3) is 5.19 Å². The van der Waals surface area contributed by atoms with Crippen LogP contribution in [-0.2, 0) is 0 Å². The van der Waals surface area contributed by atoms with Crippen LogP contribution in [0.1, 0.15) is 38.2 Å². The first-order valence-corrected chi connectivity index (χ1v) is 12.0. The van der Waals surface area contributed by atoms with Crippen molar-refractivity contribution in [3.63, 3.8) is 0 Å². The molecule has 0 radical (unpaired) electrons. The predicted molar refractivity (Wildman–Crippen MR) is 131 cm³/mol. The Kier molecular flexibility index (Phi) is 6.15. The van der Waals surface area contributed by atoms with Gasteiger partial charge in [-0.1, -0.05) is 25.2 Å². The van der Waals surface area contributed by atoms with Crippen molar-refractivity contribution in [3.8, 4) is 15.6 Å². The number of hydrogen-bond donors (Lipinski definition) is 1. The number of anilines is 2. The van der Waals surface area contributed by atoms with Gasteiger partial charge >= 0.3 is 0 Å². The first-order chi connectivity index (χ1) is 16.0. The molecule has 1 aliphatic rings. The largest absolute Gasteiger partial charge is 0.467 e. The molecule has 1 saturated heterocycles. The summed E-state index contributed by atoms with van der Waals surface area (Å²) in [6.07, 6.45) is 7.82. The highest BCUT2D eigenvalue weighted by Crippen LogP contribution is 2.33. The van der Waals surface area contributed by atoms with Gasteiger partial charge in [-0.05, 0) is 55.6 Å². The van der Waals surface area contributed by atoms with E-state index < -0.39 is 0 Å². The summed E-state index contributed by atoms with van der Waals surface area (Å²) >= 11 is 1.55. The van der Waals surface area contributed by atoms with Gasteiger partial charge in [0.2, 0.25) is 0 Å². The molecule has 5 rings (SSSR count). The van der Waals surface area contributed by atoms with E-state index in [1.807, 2.05) is 36.7 Å². The number of nitrogens with zero attached hydrogens (tertiary/aromatic N) is 6. The topological polar surface area (TPSA) is 89.0 Å². The second kappa shape index (κ2) is 9.36. The van der Waals surface area contributed by atoms with Gasteiger partial charge in [-0.15, -0.1) is 5.10 Å². The third-order valence-corrected chi connectivity index (χ3v) is 6.78. The second-order valence-electron chi connectivity index (χ2n) is 8.72. The van der Waals surface area contributed by atoms with E-state index in [-0.39, 0.29) is 6.10 Å². The Hall–Kier alpha value is -3.17. The van der Waals surface area contributed by atoms with Gasteiger partial charge in [0.05, 0.1) is 22.1 Å². The fourth-order valence-electron chi connectivity index (χ4n) is 3.79. The number of thiazole rings is 1. The predicted octanol–water partition coefficient (Wildman–Crippen LogP) is 4.88. The van der Waals surface area contributed by atoms with E-state index in [2.05, 4.69) is 51.3 Å². The molecule has 5 heterocycles. The number of aromatic nitrogens is 5. The summed E-state index contributed by atoms with van der Waals surface area (Å²) in [5.41, 5.74) is 3.74. The molecule has 8 nitrogen and oxygen atoms in total. The molecule has 1 aliphatic heterocycles. The lowest BCUT2D eigenvalue weighted by atomic mass is 10.1. The summed E-state index contributed by atoms with van der Waals surface area (Å²) in [5, 5.41) is 12.2. The number of nitrogens with one attached hydrogen (secondary N) is 1. The van der Waals surface area contributed by atoms with E-state index in [0.717, 1.165) is 53.0 Å². The molecule has 0 saturated carbocycles. The molecule has 9 heteroatoms. The van der Waals surface area contributed by atoms with E-state index in [4.69, 9.17) is 9.72 Å². The molecule has 170 valence electrons. The zero-order valence-electron chi connectivity index (χ0n) is 19.0. The Balaban J connectivity index is 1.34. The number of hydrogen-bond acceptors (Lipinski definition) is 9. The SMILES string of the molecule is CC(C)c1cnnc(Nc2ccc3ncc(-c4cnc(OC5CCN(C)CC5)s4)cc3n2)c1. The van der Waals surface area contributed by atoms with Crippen LogP contribution >= 0.6 is 11.3 Å². The maximum atomic E-state index is 6.13. The quantitative estimate of drug-likeness (QED) is 0.434. The first kappa shape index (κ1) is 21.7. The van der Waals surface area contributed by atoms with Gasteiger partial charge in [0, 0.05) is 31.0 Å². The van der Waals surface area contributed by atoms with Gasteiger partial charge in [-0.3, -0.25) is 4.98 Å². The number of rotatable bonds is 6.